The van der Waals surface area contributed by atoms with Crippen molar-refractivity contribution in [2.75, 3.05) is 5.32 Å². The van der Waals surface area contributed by atoms with Gasteiger partial charge in [0, 0.05) is 21.3 Å². The fourth-order valence-corrected chi connectivity index (χ4v) is 2.13. The number of hydrogen-bond acceptors (Lipinski definition) is 2. The number of halogens is 2. The number of hydrogen-bond donors (Lipinski definition) is 2. The summed E-state index contributed by atoms with van der Waals surface area (Å²) in [5, 5.41) is 6.91. The van der Waals surface area contributed by atoms with Crippen LogP contribution in [0.2, 0.25) is 10.0 Å². The minimum absolute atomic E-state index is 0.204. The molecule has 2 aromatic rings. The highest BCUT2D eigenvalue weighted by molar-refractivity contribution is 7.80. The van der Waals surface area contributed by atoms with E-state index in [0.717, 1.165) is 5.56 Å². The average molecular weight is 339 g/mol. The summed E-state index contributed by atoms with van der Waals surface area (Å²) >= 11 is 16.9. The molecule has 0 unspecified atom stereocenters. The zero-order valence-corrected chi connectivity index (χ0v) is 13.4. The molecule has 0 aliphatic carbocycles. The molecule has 0 saturated carbocycles. The fourth-order valence-electron chi connectivity index (χ4n) is 1.61. The molecule has 0 aliphatic rings. The smallest absolute Gasteiger partial charge is 0.257 e. The lowest BCUT2D eigenvalue weighted by molar-refractivity contribution is 0.0978. The maximum absolute atomic E-state index is 12.0. The van der Waals surface area contributed by atoms with Crippen LogP contribution in [0.25, 0.3) is 0 Å². The van der Waals surface area contributed by atoms with Crippen LogP contribution in [0.5, 0.6) is 0 Å². The third kappa shape index (κ3) is 4.43. The maximum Gasteiger partial charge on any atom is 0.257 e. The van der Waals surface area contributed by atoms with Crippen molar-refractivity contribution in [3.8, 4) is 0 Å². The molecular weight excluding hydrogens is 327 g/mol. The van der Waals surface area contributed by atoms with E-state index < -0.39 is 0 Å². The zero-order valence-electron chi connectivity index (χ0n) is 11.1. The summed E-state index contributed by atoms with van der Waals surface area (Å²) in [6, 6.07) is 12.0. The number of nitrogens with one attached hydrogen (secondary N) is 2. The van der Waals surface area contributed by atoms with Crippen molar-refractivity contribution in [2.24, 2.45) is 0 Å². The number of carbonyl (C=O) groups excluding carboxylic acids is 1. The molecule has 2 aromatic carbocycles. The van der Waals surface area contributed by atoms with E-state index in [0.29, 0.717) is 21.3 Å². The summed E-state index contributed by atoms with van der Waals surface area (Å²) in [7, 11) is 0. The third-order valence-corrected chi connectivity index (χ3v) is 3.63. The molecule has 0 saturated heterocycles. The fraction of sp³-hybridized carbons (Fsp3) is 0.0667. The minimum Gasteiger partial charge on any atom is -0.332 e. The summed E-state index contributed by atoms with van der Waals surface area (Å²) in [4.78, 5) is 12.0. The maximum atomic E-state index is 12.0. The van der Waals surface area contributed by atoms with Gasteiger partial charge in [0.05, 0.1) is 0 Å². The molecule has 0 aliphatic heterocycles. The number of anilines is 1. The molecule has 6 heteroatoms. The highest BCUT2D eigenvalue weighted by atomic mass is 35.5. The summed E-state index contributed by atoms with van der Waals surface area (Å²) in [6.07, 6.45) is 0. The van der Waals surface area contributed by atoms with Gasteiger partial charge in [-0.25, -0.2) is 0 Å². The molecule has 108 valence electrons. The van der Waals surface area contributed by atoms with Crippen molar-refractivity contribution in [1.29, 1.82) is 0 Å². The quantitative estimate of drug-likeness (QED) is 0.796. The highest BCUT2D eigenvalue weighted by Crippen LogP contribution is 2.19. The highest BCUT2D eigenvalue weighted by Gasteiger charge is 2.08. The summed E-state index contributed by atoms with van der Waals surface area (Å²) < 4.78 is 0. The Bertz CT molecular complexity index is 687. The molecule has 0 bridgehead atoms. The molecule has 1 amide bonds. The van der Waals surface area contributed by atoms with Gasteiger partial charge in [0.15, 0.2) is 5.11 Å². The Balaban J connectivity index is 1.99. The normalized spacial score (nSPS) is 10.0. The molecule has 2 N–H and O–H groups in total. The van der Waals surface area contributed by atoms with Crippen LogP contribution in [0, 0.1) is 6.92 Å². The van der Waals surface area contributed by atoms with Crippen LogP contribution in [0.4, 0.5) is 5.69 Å². The van der Waals surface area contributed by atoms with Crippen molar-refractivity contribution >= 4 is 52.1 Å². The summed E-state index contributed by atoms with van der Waals surface area (Å²) in [5.74, 6) is -0.303. The number of thiocarbonyl (C=S) groups is 1. The number of carbonyl (C=O) groups is 1. The Hall–Kier alpha value is -1.62. The van der Waals surface area contributed by atoms with Gasteiger partial charge in [-0.1, -0.05) is 29.3 Å². The van der Waals surface area contributed by atoms with Gasteiger partial charge in [-0.3, -0.25) is 10.1 Å². The van der Waals surface area contributed by atoms with E-state index in [1.807, 2.05) is 19.1 Å². The second-order valence-corrected chi connectivity index (χ2v) is 5.63. The second kappa shape index (κ2) is 6.89. The molecule has 3 nitrogen and oxygen atoms in total. The van der Waals surface area contributed by atoms with Gasteiger partial charge in [-0.15, -0.1) is 0 Å². The molecular formula is C15H12Cl2N2OS. The number of rotatable bonds is 2. The monoisotopic (exact) mass is 338 g/mol. The van der Waals surface area contributed by atoms with Gasteiger partial charge in [0.25, 0.3) is 5.91 Å². The van der Waals surface area contributed by atoms with Crippen molar-refractivity contribution < 1.29 is 4.79 Å². The van der Waals surface area contributed by atoms with Crippen molar-refractivity contribution in [2.45, 2.75) is 6.92 Å². The van der Waals surface area contributed by atoms with E-state index in [2.05, 4.69) is 10.6 Å². The van der Waals surface area contributed by atoms with Gasteiger partial charge in [-0.05, 0) is 61.1 Å². The van der Waals surface area contributed by atoms with E-state index in [9.17, 15) is 4.79 Å². The standard InChI is InChI=1S/C15H12Cl2N2OS/c1-9-2-7-12(8-13(9)17)18-15(21)19-14(20)10-3-5-11(16)6-4-10/h2-8H,1H3,(H2,18,19,20,21). The van der Waals surface area contributed by atoms with E-state index in [1.165, 1.54) is 0 Å². The summed E-state index contributed by atoms with van der Waals surface area (Å²) in [6.45, 7) is 1.91. The average Bonchev–Trinajstić information content (AvgIpc) is 2.43. The molecule has 2 rings (SSSR count). The summed E-state index contributed by atoms with van der Waals surface area (Å²) in [5.41, 5.74) is 2.16. The first-order valence-corrected chi connectivity index (χ1v) is 7.26. The van der Waals surface area contributed by atoms with E-state index in [-0.39, 0.29) is 11.0 Å². The molecule has 0 radical (unpaired) electrons. The first-order chi connectivity index (χ1) is 9.95. The van der Waals surface area contributed by atoms with Gasteiger partial charge in [-0.2, -0.15) is 0 Å². The molecule has 0 fully saturated rings. The van der Waals surface area contributed by atoms with Crippen molar-refractivity contribution in [1.82, 2.24) is 5.32 Å². The van der Waals surface area contributed by atoms with Gasteiger partial charge in [0.2, 0.25) is 0 Å². The molecule has 0 heterocycles. The Morgan fingerprint density at radius 1 is 1.10 bits per heavy atom. The molecule has 0 aromatic heterocycles. The van der Waals surface area contributed by atoms with Crippen LogP contribution < -0.4 is 10.6 Å². The van der Waals surface area contributed by atoms with Crippen LogP contribution in [0.1, 0.15) is 15.9 Å². The molecule has 21 heavy (non-hydrogen) atoms. The van der Waals surface area contributed by atoms with Gasteiger partial charge >= 0.3 is 0 Å². The second-order valence-electron chi connectivity index (χ2n) is 4.38. The van der Waals surface area contributed by atoms with Crippen molar-refractivity contribution in [3.05, 3.63) is 63.6 Å². The lowest BCUT2D eigenvalue weighted by Gasteiger charge is -2.10. The predicted octanol–water partition coefficient (Wildman–Crippen LogP) is 4.43. The van der Waals surface area contributed by atoms with Crippen molar-refractivity contribution in [3.63, 3.8) is 0 Å². The van der Waals surface area contributed by atoms with E-state index in [1.54, 1.807) is 30.3 Å². The van der Waals surface area contributed by atoms with Crippen LogP contribution in [-0.4, -0.2) is 11.0 Å². The Labute approximate surface area is 138 Å². The molecule has 0 atom stereocenters. The number of aryl methyl sites for hydroxylation is 1. The van der Waals surface area contributed by atoms with Crippen LogP contribution >= 0.6 is 35.4 Å². The zero-order chi connectivity index (χ0) is 15.4. The SMILES string of the molecule is Cc1ccc(NC(=S)NC(=O)c2ccc(Cl)cc2)cc1Cl. The largest absolute Gasteiger partial charge is 0.332 e. The van der Waals surface area contributed by atoms with Crippen LogP contribution in [0.3, 0.4) is 0 Å². The number of amides is 1. The topological polar surface area (TPSA) is 41.1 Å². The Morgan fingerprint density at radius 2 is 1.76 bits per heavy atom. The number of benzene rings is 2. The first-order valence-electron chi connectivity index (χ1n) is 6.10. The molecule has 0 spiro atoms. The first kappa shape index (κ1) is 15.8. The minimum atomic E-state index is -0.303. The van der Waals surface area contributed by atoms with Gasteiger partial charge in [0.1, 0.15) is 0 Å². The third-order valence-electron chi connectivity index (χ3n) is 2.76. The van der Waals surface area contributed by atoms with Gasteiger partial charge < -0.3 is 5.32 Å². The van der Waals surface area contributed by atoms with Crippen LogP contribution in [0.15, 0.2) is 42.5 Å². The predicted molar refractivity (Wildman–Crippen MR) is 91.3 cm³/mol. The lowest BCUT2D eigenvalue weighted by Crippen LogP contribution is -2.34. The van der Waals surface area contributed by atoms with E-state index in [4.69, 9.17) is 35.4 Å². The van der Waals surface area contributed by atoms with Crippen LogP contribution in [-0.2, 0) is 0 Å². The van der Waals surface area contributed by atoms with E-state index >= 15 is 0 Å². The lowest BCUT2D eigenvalue weighted by atomic mass is 10.2. The Morgan fingerprint density at radius 3 is 2.38 bits per heavy atom. The Kier molecular flexibility index (Phi) is 5.17.